The van der Waals surface area contributed by atoms with Gasteiger partial charge < -0.3 is 9.64 Å². The van der Waals surface area contributed by atoms with E-state index in [4.69, 9.17) is 4.74 Å². The summed E-state index contributed by atoms with van der Waals surface area (Å²) < 4.78 is 5.75. The van der Waals surface area contributed by atoms with Crippen LogP contribution in [0.25, 0.3) is 6.08 Å². The molecule has 6 nitrogen and oxygen atoms in total. The van der Waals surface area contributed by atoms with Gasteiger partial charge in [0, 0.05) is 13.1 Å². The lowest BCUT2D eigenvalue weighted by atomic mass is 9.96. The van der Waals surface area contributed by atoms with Crippen molar-refractivity contribution in [2.45, 2.75) is 47.5 Å². The summed E-state index contributed by atoms with van der Waals surface area (Å²) in [4.78, 5) is 40.4. The van der Waals surface area contributed by atoms with Crippen LogP contribution in [-0.2, 0) is 9.59 Å². The maximum Gasteiger partial charge on any atom is 0.294 e. The van der Waals surface area contributed by atoms with Gasteiger partial charge in [0.15, 0.2) is 0 Å². The molecule has 0 radical (unpaired) electrons. The lowest BCUT2D eigenvalue weighted by Crippen LogP contribution is -2.41. The summed E-state index contributed by atoms with van der Waals surface area (Å²) in [5.41, 5.74) is 2.89. The first kappa shape index (κ1) is 23.0. The molecule has 7 heteroatoms. The summed E-state index contributed by atoms with van der Waals surface area (Å²) in [6.07, 6.45) is 1.74. The second kappa shape index (κ2) is 9.96. The zero-order valence-corrected chi connectivity index (χ0v) is 18.9. The molecule has 0 saturated carbocycles. The number of amides is 3. The van der Waals surface area contributed by atoms with E-state index in [1.165, 1.54) is 0 Å². The normalized spacial score (nSPS) is 15.6. The van der Waals surface area contributed by atoms with Gasteiger partial charge in [-0.15, -0.1) is 0 Å². The van der Waals surface area contributed by atoms with Crippen molar-refractivity contribution in [3.63, 3.8) is 0 Å². The smallest absolute Gasteiger partial charge is 0.294 e. The van der Waals surface area contributed by atoms with Crippen molar-refractivity contribution in [1.82, 2.24) is 9.80 Å². The Morgan fingerprint density at radius 3 is 2.41 bits per heavy atom. The zero-order chi connectivity index (χ0) is 21.7. The summed E-state index contributed by atoms with van der Waals surface area (Å²) in [6.45, 7) is 13.3. The van der Waals surface area contributed by atoms with E-state index in [1.54, 1.807) is 11.0 Å². The fraction of sp³-hybridized carbons (Fsp3) is 0.500. The number of aryl methyl sites for hydroxylation is 1. The van der Waals surface area contributed by atoms with Crippen LogP contribution in [0.5, 0.6) is 5.75 Å². The van der Waals surface area contributed by atoms with Crippen molar-refractivity contribution >= 4 is 34.9 Å². The lowest BCUT2D eigenvalue weighted by molar-refractivity contribution is -0.135. The van der Waals surface area contributed by atoms with Gasteiger partial charge in [0.05, 0.1) is 11.5 Å². The van der Waals surface area contributed by atoms with Crippen molar-refractivity contribution in [1.29, 1.82) is 0 Å². The van der Waals surface area contributed by atoms with Gasteiger partial charge in [-0.25, -0.2) is 0 Å². The van der Waals surface area contributed by atoms with Crippen LogP contribution in [0.4, 0.5) is 4.79 Å². The highest BCUT2D eigenvalue weighted by Crippen LogP contribution is 2.35. The average Bonchev–Trinajstić information content (AvgIpc) is 2.92. The van der Waals surface area contributed by atoms with Gasteiger partial charge in [0.25, 0.3) is 11.1 Å². The summed E-state index contributed by atoms with van der Waals surface area (Å²) in [5, 5.41) is -0.408. The van der Waals surface area contributed by atoms with E-state index in [1.807, 2.05) is 39.8 Å². The minimum Gasteiger partial charge on any atom is -0.494 e. The van der Waals surface area contributed by atoms with E-state index >= 15 is 0 Å². The summed E-state index contributed by atoms with van der Waals surface area (Å²) in [5.74, 6) is 0.457. The predicted octanol–water partition coefficient (Wildman–Crippen LogP) is 4.42. The van der Waals surface area contributed by atoms with Crippen molar-refractivity contribution in [3.8, 4) is 5.75 Å². The SMILES string of the molecule is CCOc1cc(C)c(/C=C2\SC(=O)N(CC(=O)N(CC)CC)C2=O)cc1C(C)C. The Morgan fingerprint density at radius 1 is 1.21 bits per heavy atom. The predicted molar refractivity (Wildman–Crippen MR) is 117 cm³/mol. The number of ether oxygens (including phenoxy) is 1. The standard InChI is InChI=1S/C22H30N2O4S/c1-7-23(8-2)20(25)13-24-21(26)19(29-22(24)27)12-16-11-17(14(4)5)18(28-9-3)10-15(16)6/h10-12,14H,7-9,13H2,1-6H3/b19-12-. The second-order valence-electron chi connectivity index (χ2n) is 7.17. The third kappa shape index (κ3) is 5.21. The van der Waals surface area contributed by atoms with Crippen LogP contribution in [0, 0.1) is 6.92 Å². The first-order valence-electron chi connectivity index (χ1n) is 10.0. The van der Waals surface area contributed by atoms with Crippen LogP contribution in [0.2, 0.25) is 0 Å². The molecule has 0 aliphatic carbocycles. The molecule has 2 rings (SSSR count). The van der Waals surface area contributed by atoms with Gasteiger partial charge in [0.2, 0.25) is 5.91 Å². The number of likely N-dealkylation sites (N-methyl/N-ethyl adjacent to an activating group) is 1. The number of imide groups is 1. The Hall–Kier alpha value is -2.28. The highest BCUT2D eigenvalue weighted by molar-refractivity contribution is 8.18. The zero-order valence-electron chi connectivity index (χ0n) is 18.1. The monoisotopic (exact) mass is 418 g/mol. The Labute approximate surface area is 177 Å². The molecule has 1 aliphatic heterocycles. The molecule has 0 aromatic heterocycles. The molecule has 1 aromatic rings. The van der Waals surface area contributed by atoms with Gasteiger partial charge in [-0.05, 0) is 80.3 Å². The van der Waals surface area contributed by atoms with E-state index in [2.05, 4.69) is 13.8 Å². The Balaban J connectivity index is 2.31. The van der Waals surface area contributed by atoms with Crippen LogP contribution >= 0.6 is 11.8 Å². The molecular formula is C22H30N2O4S. The van der Waals surface area contributed by atoms with Crippen LogP contribution in [0.3, 0.4) is 0 Å². The van der Waals surface area contributed by atoms with Crippen LogP contribution in [0.1, 0.15) is 57.2 Å². The number of rotatable bonds is 8. The van der Waals surface area contributed by atoms with Gasteiger partial charge in [-0.2, -0.15) is 0 Å². The van der Waals surface area contributed by atoms with Gasteiger partial charge in [-0.3, -0.25) is 19.3 Å². The largest absolute Gasteiger partial charge is 0.494 e. The summed E-state index contributed by atoms with van der Waals surface area (Å²) in [6, 6.07) is 3.98. The highest BCUT2D eigenvalue weighted by atomic mass is 32.2. The Kier molecular flexibility index (Phi) is 7.90. The lowest BCUT2D eigenvalue weighted by Gasteiger charge is -2.21. The van der Waals surface area contributed by atoms with Crippen LogP contribution in [-0.4, -0.2) is 53.1 Å². The molecule has 3 amide bonds. The fourth-order valence-electron chi connectivity index (χ4n) is 3.19. The third-order valence-corrected chi connectivity index (χ3v) is 5.80. The number of benzene rings is 1. The number of carbonyl (C=O) groups excluding carboxylic acids is 3. The number of hydrogen-bond donors (Lipinski definition) is 0. The van der Waals surface area contributed by atoms with Crippen molar-refractivity contribution < 1.29 is 19.1 Å². The first-order chi connectivity index (χ1) is 13.7. The Bertz CT molecular complexity index is 828. The van der Waals surface area contributed by atoms with Crippen LogP contribution in [0.15, 0.2) is 17.0 Å². The topological polar surface area (TPSA) is 66.9 Å². The maximum atomic E-state index is 12.8. The maximum absolute atomic E-state index is 12.8. The minimum atomic E-state index is -0.417. The van der Waals surface area contributed by atoms with E-state index in [9.17, 15) is 14.4 Å². The average molecular weight is 419 g/mol. The van der Waals surface area contributed by atoms with Crippen molar-refractivity contribution in [2.75, 3.05) is 26.2 Å². The molecule has 158 valence electrons. The van der Waals surface area contributed by atoms with E-state index in [-0.39, 0.29) is 18.4 Å². The molecule has 1 fully saturated rings. The fourth-order valence-corrected chi connectivity index (χ4v) is 4.02. The molecule has 1 aromatic carbocycles. The molecular weight excluding hydrogens is 388 g/mol. The summed E-state index contributed by atoms with van der Waals surface area (Å²) in [7, 11) is 0. The molecule has 29 heavy (non-hydrogen) atoms. The molecule has 0 bridgehead atoms. The number of carbonyl (C=O) groups is 3. The second-order valence-corrected chi connectivity index (χ2v) is 8.16. The quantitative estimate of drug-likeness (QED) is 0.585. The molecule has 1 saturated heterocycles. The number of hydrogen-bond acceptors (Lipinski definition) is 5. The van der Waals surface area contributed by atoms with Gasteiger partial charge >= 0.3 is 0 Å². The molecule has 1 heterocycles. The molecule has 0 N–H and O–H groups in total. The van der Waals surface area contributed by atoms with Crippen molar-refractivity contribution in [2.24, 2.45) is 0 Å². The molecule has 1 aliphatic rings. The van der Waals surface area contributed by atoms with Crippen LogP contribution < -0.4 is 4.74 Å². The van der Waals surface area contributed by atoms with Crippen molar-refractivity contribution in [3.05, 3.63) is 33.7 Å². The Morgan fingerprint density at radius 2 is 1.86 bits per heavy atom. The van der Waals surface area contributed by atoms with Gasteiger partial charge in [-0.1, -0.05) is 13.8 Å². The number of nitrogens with zero attached hydrogens (tertiary/aromatic N) is 2. The van der Waals surface area contributed by atoms with E-state index in [0.29, 0.717) is 24.6 Å². The third-order valence-electron chi connectivity index (χ3n) is 4.89. The minimum absolute atomic E-state index is 0.219. The van der Waals surface area contributed by atoms with Gasteiger partial charge in [0.1, 0.15) is 12.3 Å². The molecule has 0 spiro atoms. The molecule has 0 atom stereocenters. The van der Waals surface area contributed by atoms with E-state index in [0.717, 1.165) is 39.1 Å². The number of thioether (sulfide) groups is 1. The van der Waals surface area contributed by atoms with E-state index < -0.39 is 11.1 Å². The molecule has 0 unspecified atom stereocenters. The highest BCUT2D eigenvalue weighted by Gasteiger charge is 2.37. The summed E-state index contributed by atoms with van der Waals surface area (Å²) >= 11 is 0.879. The first-order valence-corrected chi connectivity index (χ1v) is 10.8.